The Bertz CT molecular complexity index is 814. The third-order valence-corrected chi connectivity index (χ3v) is 5.34. The maximum Gasteiger partial charge on any atom is 0.414 e. The fourth-order valence-electron chi connectivity index (χ4n) is 3.60. The molecule has 9 nitrogen and oxygen atoms in total. The molecular weight excluding hydrogens is 362 g/mol. The number of fused-ring (bicyclic) bond motifs is 1. The molecule has 1 aromatic heterocycles. The highest BCUT2D eigenvalue weighted by Gasteiger charge is 2.28. The van der Waals surface area contributed by atoms with Crippen LogP contribution < -0.4 is 14.4 Å². The summed E-state index contributed by atoms with van der Waals surface area (Å²) in [5.74, 6) is 0.603. The van der Waals surface area contributed by atoms with Crippen LogP contribution in [0, 0.1) is 10.1 Å². The Labute approximate surface area is 163 Å². The molecule has 9 heteroatoms. The van der Waals surface area contributed by atoms with Gasteiger partial charge in [0.1, 0.15) is 24.7 Å². The number of anilines is 1. The average molecular weight is 387 g/mol. The molecule has 0 spiro atoms. The van der Waals surface area contributed by atoms with Gasteiger partial charge in [0.25, 0.3) is 0 Å². The van der Waals surface area contributed by atoms with Crippen molar-refractivity contribution < 1.29 is 14.4 Å². The summed E-state index contributed by atoms with van der Waals surface area (Å²) in [6, 6.07) is 8.43. The van der Waals surface area contributed by atoms with Crippen LogP contribution in [-0.2, 0) is 6.54 Å². The van der Waals surface area contributed by atoms with Crippen LogP contribution >= 0.6 is 0 Å². The highest BCUT2D eigenvalue weighted by Crippen LogP contribution is 2.25. The number of nitrogens with zero attached hydrogens (tertiary/aromatic N) is 5. The monoisotopic (exact) mass is 387 g/mol. The number of hydrogen-bond donors (Lipinski definition) is 0. The molecule has 0 N–H and O–H groups in total. The lowest BCUT2D eigenvalue weighted by Gasteiger charge is -2.35. The molecule has 1 atom stereocenters. The lowest BCUT2D eigenvalue weighted by atomic mass is 10.2. The van der Waals surface area contributed by atoms with Crippen LogP contribution in [0.4, 0.5) is 11.5 Å². The number of aromatic nitrogens is 2. The standard InChI is InChI=1S/C19H25N5O4/c1-2-21-9-11-22(12-10-21)15-3-5-16(6-4-15)27-14-17-7-8-23-13-18(24(25)26)20-19(23)28-17/h3-6,13,17H,2,7-12,14H2,1H3. The summed E-state index contributed by atoms with van der Waals surface area (Å²) in [4.78, 5) is 19.1. The molecule has 1 fully saturated rings. The first-order valence-electron chi connectivity index (χ1n) is 9.71. The van der Waals surface area contributed by atoms with Gasteiger partial charge in [-0.05, 0) is 35.7 Å². The molecule has 0 saturated carbocycles. The van der Waals surface area contributed by atoms with Crippen LogP contribution in [0.15, 0.2) is 30.5 Å². The van der Waals surface area contributed by atoms with Crippen LogP contribution in [0.5, 0.6) is 11.8 Å². The normalized spacial score (nSPS) is 19.8. The number of hydrogen-bond acceptors (Lipinski definition) is 7. The van der Waals surface area contributed by atoms with Gasteiger partial charge in [-0.2, -0.15) is 0 Å². The maximum atomic E-state index is 10.8. The van der Waals surface area contributed by atoms with Gasteiger partial charge in [-0.3, -0.25) is 4.57 Å². The van der Waals surface area contributed by atoms with Gasteiger partial charge in [-0.1, -0.05) is 6.92 Å². The molecule has 1 saturated heterocycles. The minimum atomic E-state index is -0.510. The van der Waals surface area contributed by atoms with Gasteiger partial charge in [0.15, 0.2) is 0 Å². The molecule has 28 heavy (non-hydrogen) atoms. The van der Waals surface area contributed by atoms with Crippen molar-refractivity contribution in [1.29, 1.82) is 0 Å². The van der Waals surface area contributed by atoms with E-state index in [0.29, 0.717) is 13.2 Å². The summed E-state index contributed by atoms with van der Waals surface area (Å²) in [6.45, 7) is 8.61. The summed E-state index contributed by atoms with van der Waals surface area (Å²) in [6.07, 6.45) is 1.96. The van der Waals surface area contributed by atoms with Gasteiger partial charge in [0.05, 0.1) is 0 Å². The van der Waals surface area contributed by atoms with E-state index in [1.54, 1.807) is 4.57 Å². The third-order valence-electron chi connectivity index (χ3n) is 5.34. The maximum absolute atomic E-state index is 10.8. The molecule has 1 unspecified atom stereocenters. The number of rotatable bonds is 6. The third kappa shape index (κ3) is 4.04. The first kappa shape index (κ1) is 18.5. The topological polar surface area (TPSA) is 85.9 Å². The number of likely N-dealkylation sites (N-methyl/N-ethyl adjacent to an activating group) is 1. The Morgan fingerprint density at radius 1 is 1.21 bits per heavy atom. The molecule has 2 aliphatic heterocycles. The van der Waals surface area contributed by atoms with Crippen molar-refractivity contribution in [2.45, 2.75) is 26.0 Å². The van der Waals surface area contributed by atoms with Crippen molar-refractivity contribution in [2.75, 3.05) is 44.2 Å². The Balaban J connectivity index is 1.29. The second-order valence-electron chi connectivity index (χ2n) is 7.09. The van der Waals surface area contributed by atoms with Crippen molar-refractivity contribution >= 4 is 11.5 Å². The predicted octanol–water partition coefficient (Wildman–Crippen LogP) is 2.16. The van der Waals surface area contributed by atoms with Gasteiger partial charge in [-0.15, -0.1) is 0 Å². The molecule has 0 aliphatic carbocycles. The molecule has 0 bridgehead atoms. The molecule has 3 heterocycles. The minimum Gasteiger partial charge on any atom is -0.490 e. The first-order valence-corrected chi connectivity index (χ1v) is 9.71. The largest absolute Gasteiger partial charge is 0.490 e. The minimum absolute atomic E-state index is 0.170. The number of piperazine rings is 1. The van der Waals surface area contributed by atoms with E-state index >= 15 is 0 Å². The second-order valence-corrected chi connectivity index (χ2v) is 7.09. The van der Waals surface area contributed by atoms with Crippen molar-refractivity contribution in [2.24, 2.45) is 0 Å². The van der Waals surface area contributed by atoms with Gasteiger partial charge in [0, 0.05) is 49.8 Å². The van der Waals surface area contributed by atoms with Gasteiger partial charge in [-0.25, -0.2) is 0 Å². The molecule has 150 valence electrons. The lowest BCUT2D eigenvalue weighted by molar-refractivity contribution is -0.389. The zero-order chi connectivity index (χ0) is 19.5. The van der Waals surface area contributed by atoms with E-state index in [1.165, 1.54) is 11.9 Å². The zero-order valence-corrected chi connectivity index (χ0v) is 16.0. The lowest BCUT2D eigenvalue weighted by Crippen LogP contribution is -2.46. The number of ether oxygens (including phenoxy) is 2. The van der Waals surface area contributed by atoms with Crippen molar-refractivity contribution in [3.8, 4) is 11.8 Å². The summed E-state index contributed by atoms with van der Waals surface area (Å²) >= 11 is 0. The molecule has 4 rings (SSSR count). The van der Waals surface area contributed by atoms with E-state index in [9.17, 15) is 10.1 Å². The highest BCUT2D eigenvalue weighted by molar-refractivity contribution is 5.49. The van der Waals surface area contributed by atoms with Crippen LogP contribution in [0.1, 0.15) is 13.3 Å². The van der Waals surface area contributed by atoms with E-state index in [4.69, 9.17) is 9.47 Å². The second kappa shape index (κ2) is 8.05. The Hall–Kier alpha value is -2.81. The SMILES string of the molecule is CCN1CCN(c2ccc(OCC3CCn4cc([N+](=O)[O-])nc4O3)cc2)CC1. The molecule has 2 aliphatic rings. The van der Waals surface area contributed by atoms with Crippen molar-refractivity contribution in [1.82, 2.24) is 14.5 Å². The predicted molar refractivity (Wildman–Crippen MR) is 104 cm³/mol. The summed E-state index contributed by atoms with van der Waals surface area (Å²) < 4.78 is 13.3. The summed E-state index contributed by atoms with van der Waals surface area (Å²) in [5, 5.41) is 10.8. The number of aryl methyl sites for hydroxylation is 1. The summed E-state index contributed by atoms with van der Waals surface area (Å²) in [7, 11) is 0. The quantitative estimate of drug-likeness (QED) is 0.555. The van der Waals surface area contributed by atoms with E-state index in [2.05, 4.69) is 33.8 Å². The van der Waals surface area contributed by atoms with E-state index in [-0.39, 0.29) is 17.9 Å². The Morgan fingerprint density at radius 3 is 2.64 bits per heavy atom. The van der Waals surface area contributed by atoms with E-state index in [0.717, 1.165) is 44.9 Å². The van der Waals surface area contributed by atoms with Crippen LogP contribution in [0.25, 0.3) is 0 Å². The molecule has 0 radical (unpaired) electrons. The molecule has 0 amide bonds. The van der Waals surface area contributed by atoms with Crippen LogP contribution in [0.3, 0.4) is 0 Å². The highest BCUT2D eigenvalue weighted by atomic mass is 16.6. The van der Waals surface area contributed by atoms with Crippen LogP contribution in [-0.4, -0.2) is 64.8 Å². The molecular formula is C19H25N5O4. The van der Waals surface area contributed by atoms with Gasteiger partial charge in [0.2, 0.25) is 0 Å². The van der Waals surface area contributed by atoms with Crippen molar-refractivity contribution in [3.63, 3.8) is 0 Å². The Kier molecular flexibility index (Phi) is 5.34. The molecule has 2 aromatic rings. The smallest absolute Gasteiger partial charge is 0.414 e. The summed E-state index contributed by atoms with van der Waals surface area (Å²) in [5.41, 5.74) is 1.21. The van der Waals surface area contributed by atoms with Crippen LogP contribution in [0.2, 0.25) is 0 Å². The van der Waals surface area contributed by atoms with Gasteiger partial charge >= 0.3 is 11.8 Å². The first-order chi connectivity index (χ1) is 13.6. The fourth-order valence-corrected chi connectivity index (χ4v) is 3.60. The zero-order valence-electron chi connectivity index (χ0n) is 16.0. The van der Waals surface area contributed by atoms with E-state index in [1.807, 2.05) is 12.1 Å². The number of benzene rings is 1. The van der Waals surface area contributed by atoms with E-state index < -0.39 is 4.92 Å². The average Bonchev–Trinajstić information content (AvgIpc) is 3.16. The number of imidazole rings is 1. The van der Waals surface area contributed by atoms with Crippen molar-refractivity contribution in [3.05, 3.63) is 40.6 Å². The Morgan fingerprint density at radius 2 is 1.96 bits per heavy atom. The number of nitro groups is 1. The molecule has 1 aromatic carbocycles. The fraction of sp³-hybridized carbons (Fsp3) is 0.526. The van der Waals surface area contributed by atoms with Gasteiger partial charge < -0.3 is 29.4 Å².